The molecule has 170 valence electrons. The number of carbonyl (C=O) groups excluding carboxylic acids is 2. The second-order valence-electron chi connectivity index (χ2n) is 9.51. The van der Waals surface area contributed by atoms with E-state index in [-0.39, 0.29) is 17.1 Å². The molecule has 2 aromatic rings. The third-order valence-corrected chi connectivity index (χ3v) is 5.24. The van der Waals surface area contributed by atoms with Crippen molar-refractivity contribution in [3.63, 3.8) is 0 Å². The smallest absolute Gasteiger partial charge is 0.329 e. The highest BCUT2D eigenvalue weighted by Crippen LogP contribution is 2.28. The van der Waals surface area contributed by atoms with Crippen molar-refractivity contribution < 1.29 is 14.3 Å². The molecule has 2 aromatic carbocycles. The van der Waals surface area contributed by atoms with Crippen molar-refractivity contribution >= 4 is 18.0 Å². The van der Waals surface area contributed by atoms with Crippen LogP contribution in [0, 0.1) is 0 Å². The fourth-order valence-corrected chi connectivity index (χ4v) is 4.28. The lowest BCUT2D eigenvalue weighted by molar-refractivity contribution is -0.140. The minimum Gasteiger partial charge on any atom is -0.489 e. The number of nitrogens with one attached hydrogen (secondary N) is 3. The van der Waals surface area contributed by atoms with E-state index in [2.05, 4.69) is 48.9 Å². The Morgan fingerprint density at radius 2 is 1.62 bits per heavy atom. The first-order valence-corrected chi connectivity index (χ1v) is 10.8. The van der Waals surface area contributed by atoms with Crippen LogP contribution in [0.5, 0.6) is 5.75 Å². The number of hydrogen-bond donors (Lipinski definition) is 3. The van der Waals surface area contributed by atoms with Crippen molar-refractivity contribution in [1.29, 1.82) is 0 Å². The predicted molar refractivity (Wildman–Crippen MR) is 125 cm³/mol. The van der Waals surface area contributed by atoms with Crippen molar-refractivity contribution in [2.75, 3.05) is 0 Å². The summed E-state index contributed by atoms with van der Waals surface area (Å²) in [5, 5.41) is 10.3. The van der Waals surface area contributed by atoms with Gasteiger partial charge in [-0.3, -0.25) is 9.59 Å². The van der Waals surface area contributed by atoms with Gasteiger partial charge < -0.3 is 15.4 Å². The Balaban J connectivity index is 1.45. The lowest BCUT2D eigenvalue weighted by Gasteiger charge is -2.46. The van der Waals surface area contributed by atoms with Gasteiger partial charge >= 0.3 is 11.8 Å². The largest absolute Gasteiger partial charge is 0.489 e. The number of ether oxygens (including phenoxy) is 1. The molecule has 0 saturated carbocycles. The molecule has 7 heteroatoms. The minimum atomic E-state index is -0.779. The number of benzene rings is 2. The lowest BCUT2D eigenvalue weighted by Crippen LogP contribution is -2.62. The van der Waals surface area contributed by atoms with Crippen molar-refractivity contribution in [2.24, 2.45) is 5.10 Å². The van der Waals surface area contributed by atoms with E-state index in [4.69, 9.17) is 4.74 Å². The van der Waals surface area contributed by atoms with E-state index in [9.17, 15) is 9.59 Å². The summed E-state index contributed by atoms with van der Waals surface area (Å²) < 4.78 is 5.75. The zero-order chi connectivity index (χ0) is 23.2. The number of carbonyl (C=O) groups is 2. The fourth-order valence-electron chi connectivity index (χ4n) is 4.28. The lowest BCUT2D eigenvalue weighted by atomic mass is 9.79. The van der Waals surface area contributed by atoms with Gasteiger partial charge in [-0.05, 0) is 75.9 Å². The summed E-state index contributed by atoms with van der Waals surface area (Å²) in [6.07, 6.45) is 2.98. The van der Waals surface area contributed by atoms with Gasteiger partial charge in [-0.15, -0.1) is 0 Å². The SMILES string of the molecule is CC1(C)CC(NC(=O)C(=O)NN=Cc2ccc(OCc3ccccc3)cc2)CC(C)(C)N1. The topological polar surface area (TPSA) is 91.8 Å². The monoisotopic (exact) mass is 436 g/mol. The Kier molecular flexibility index (Phi) is 7.30. The second-order valence-corrected chi connectivity index (χ2v) is 9.51. The molecule has 3 N–H and O–H groups in total. The Labute approximate surface area is 189 Å². The molecule has 3 rings (SSSR count). The van der Waals surface area contributed by atoms with Gasteiger partial charge in [-0.25, -0.2) is 5.43 Å². The molecule has 1 aliphatic rings. The molecule has 1 fully saturated rings. The summed E-state index contributed by atoms with van der Waals surface area (Å²) in [5.41, 5.74) is 3.93. The Hall–Kier alpha value is -3.19. The molecule has 0 atom stereocenters. The van der Waals surface area contributed by atoms with Gasteiger partial charge in [0, 0.05) is 17.1 Å². The molecule has 7 nitrogen and oxygen atoms in total. The molecule has 0 bridgehead atoms. The van der Waals surface area contributed by atoms with Gasteiger partial charge in [0.15, 0.2) is 0 Å². The predicted octanol–water partition coefficient (Wildman–Crippen LogP) is 3.14. The number of nitrogens with zero attached hydrogens (tertiary/aromatic N) is 1. The van der Waals surface area contributed by atoms with Crippen LogP contribution < -0.4 is 20.8 Å². The second kappa shape index (κ2) is 9.96. The summed E-state index contributed by atoms with van der Waals surface area (Å²) in [4.78, 5) is 24.4. The first-order chi connectivity index (χ1) is 15.1. The Morgan fingerprint density at radius 3 is 2.25 bits per heavy atom. The molecule has 0 radical (unpaired) electrons. The van der Waals surface area contributed by atoms with Crippen LogP contribution in [0.25, 0.3) is 0 Å². The summed E-state index contributed by atoms with van der Waals surface area (Å²) in [5.74, 6) is -0.717. The highest BCUT2D eigenvalue weighted by molar-refractivity contribution is 6.35. The zero-order valence-electron chi connectivity index (χ0n) is 19.1. The molecule has 2 amide bonds. The van der Waals surface area contributed by atoms with Gasteiger partial charge in [0.2, 0.25) is 0 Å². The van der Waals surface area contributed by atoms with E-state index in [1.54, 1.807) is 0 Å². The van der Waals surface area contributed by atoms with Crippen LogP contribution in [-0.4, -0.2) is 35.1 Å². The number of amides is 2. The van der Waals surface area contributed by atoms with Gasteiger partial charge in [-0.2, -0.15) is 5.10 Å². The minimum absolute atomic E-state index is 0.0769. The van der Waals surface area contributed by atoms with Crippen LogP contribution in [0.4, 0.5) is 0 Å². The maximum absolute atomic E-state index is 12.3. The average Bonchev–Trinajstić information content (AvgIpc) is 2.71. The van der Waals surface area contributed by atoms with E-state index >= 15 is 0 Å². The van der Waals surface area contributed by atoms with E-state index in [1.165, 1.54) is 6.21 Å². The maximum Gasteiger partial charge on any atom is 0.329 e. The van der Waals surface area contributed by atoms with Crippen molar-refractivity contribution in [2.45, 2.75) is 64.3 Å². The molecular formula is C25H32N4O3. The number of piperidine rings is 1. The highest BCUT2D eigenvalue weighted by atomic mass is 16.5. The Bertz CT molecular complexity index is 937. The number of hydrogen-bond acceptors (Lipinski definition) is 5. The molecule has 1 aliphatic heterocycles. The summed E-state index contributed by atoms with van der Waals surface area (Å²) >= 11 is 0. The normalized spacial score (nSPS) is 17.6. The van der Waals surface area contributed by atoms with Gasteiger partial charge in [0.25, 0.3) is 0 Å². The average molecular weight is 437 g/mol. The standard InChI is InChI=1S/C25H32N4O3/c1-24(2)14-20(15-25(3,4)29-24)27-22(30)23(31)28-26-16-18-10-12-21(13-11-18)32-17-19-8-6-5-7-9-19/h5-13,16,20,29H,14-15,17H2,1-4H3,(H,27,30)(H,28,31). The molecule has 1 saturated heterocycles. The quantitative estimate of drug-likeness (QED) is 0.369. The van der Waals surface area contributed by atoms with Crippen LogP contribution >= 0.6 is 0 Å². The van der Waals surface area contributed by atoms with Crippen molar-refractivity contribution in [1.82, 2.24) is 16.1 Å². The van der Waals surface area contributed by atoms with E-state index in [1.807, 2.05) is 54.6 Å². The molecular weight excluding hydrogens is 404 g/mol. The zero-order valence-corrected chi connectivity index (χ0v) is 19.1. The molecule has 32 heavy (non-hydrogen) atoms. The van der Waals surface area contributed by atoms with E-state index in [0.29, 0.717) is 6.61 Å². The molecule has 0 aromatic heterocycles. The van der Waals surface area contributed by atoms with E-state index in [0.717, 1.165) is 29.7 Å². The van der Waals surface area contributed by atoms with Gasteiger partial charge in [0.1, 0.15) is 12.4 Å². The van der Waals surface area contributed by atoms with E-state index < -0.39 is 11.8 Å². The fraction of sp³-hybridized carbons (Fsp3) is 0.400. The third kappa shape index (κ3) is 7.20. The summed E-state index contributed by atoms with van der Waals surface area (Å²) in [7, 11) is 0. The molecule has 0 unspecified atom stereocenters. The van der Waals surface area contributed by atoms with Crippen LogP contribution in [0.3, 0.4) is 0 Å². The first kappa shape index (κ1) is 23.5. The third-order valence-electron chi connectivity index (χ3n) is 5.24. The van der Waals surface area contributed by atoms with Crippen molar-refractivity contribution in [3.8, 4) is 5.75 Å². The van der Waals surface area contributed by atoms with Crippen molar-refractivity contribution in [3.05, 3.63) is 65.7 Å². The molecule has 1 heterocycles. The van der Waals surface area contributed by atoms with Gasteiger partial charge in [-0.1, -0.05) is 30.3 Å². The van der Waals surface area contributed by atoms with Crippen LogP contribution in [-0.2, 0) is 16.2 Å². The maximum atomic E-state index is 12.3. The Morgan fingerprint density at radius 1 is 1.00 bits per heavy atom. The van der Waals surface area contributed by atoms with Crippen LogP contribution in [0.15, 0.2) is 59.7 Å². The summed E-state index contributed by atoms with van der Waals surface area (Å²) in [6, 6.07) is 17.2. The van der Waals surface area contributed by atoms with Gasteiger partial charge in [0.05, 0.1) is 6.21 Å². The molecule has 0 spiro atoms. The number of hydrazone groups is 1. The number of rotatable bonds is 6. The molecule has 0 aliphatic carbocycles. The summed E-state index contributed by atoms with van der Waals surface area (Å²) in [6.45, 7) is 8.86. The van der Waals surface area contributed by atoms with Crippen LogP contribution in [0.1, 0.15) is 51.7 Å². The van der Waals surface area contributed by atoms with Crippen LogP contribution in [0.2, 0.25) is 0 Å². The highest BCUT2D eigenvalue weighted by Gasteiger charge is 2.38. The first-order valence-electron chi connectivity index (χ1n) is 10.8.